The SMILES string of the molecule is CC(C)(C(=O)N[C@@H](O)c1ccccc1)c1ccc(-c2cncc(C#N)c2)cc1. The van der Waals surface area contributed by atoms with E-state index in [0.29, 0.717) is 11.1 Å². The molecular weight excluding hydrogens is 350 g/mol. The third-order valence-electron chi connectivity index (χ3n) is 4.76. The molecule has 2 N–H and O–H groups in total. The highest BCUT2D eigenvalue weighted by Crippen LogP contribution is 2.28. The van der Waals surface area contributed by atoms with E-state index in [1.165, 1.54) is 6.20 Å². The number of carbonyl (C=O) groups excluding carboxylic acids is 1. The molecule has 0 unspecified atom stereocenters. The van der Waals surface area contributed by atoms with Crippen LogP contribution in [0.1, 0.15) is 36.8 Å². The Balaban J connectivity index is 1.77. The van der Waals surface area contributed by atoms with Crippen molar-refractivity contribution in [2.75, 3.05) is 0 Å². The topological polar surface area (TPSA) is 86.0 Å². The van der Waals surface area contributed by atoms with E-state index in [1.807, 2.05) is 56.3 Å². The molecule has 0 fully saturated rings. The number of pyridine rings is 1. The molecule has 5 heteroatoms. The van der Waals surface area contributed by atoms with Crippen LogP contribution in [0.5, 0.6) is 0 Å². The van der Waals surface area contributed by atoms with Crippen LogP contribution in [0.25, 0.3) is 11.1 Å². The first-order chi connectivity index (χ1) is 13.4. The van der Waals surface area contributed by atoms with E-state index in [2.05, 4.69) is 16.4 Å². The Bertz CT molecular complexity index is 1010. The van der Waals surface area contributed by atoms with Crippen molar-refractivity contribution >= 4 is 5.91 Å². The summed E-state index contributed by atoms with van der Waals surface area (Å²) >= 11 is 0. The zero-order valence-corrected chi connectivity index (χ0v) is 15.8. The first-order valence-corrected chi connectivity index (χ1v) is 8.92. The molecule has 0 radical (unpaired) electrons. The number of aromatic nitrogens is 1. The van der Waals surface area contributed by atoms with Crippen LogP contribution in [0.2, 0.25) is 0 Å². The Hall–Kier alpha value is -3.49. The van der Waals surface area contributed by atoms with Crippen LogP contribution in [0, 0.1) is 11.3 Å². The van der Waals surface area contributed by atoms with Crippen LogP contribution in [0.4, 0.5) is 0 Å². The Morgan fingerprint density at radius 3 is 2.39 bits per heavy atom. The summed E-state index contributed by atoms with van der Waals surface area (Å²) in [7, 11) is 0. The predicted octanol–water partition coefficient (Wildman–Crippen LogP) is 3.71. The van der Waals surface area contributed by atoms with Crippen molar-refractivity contribution in [2.24, 2.45) is 0 Å². The van der Waals surface area contributed by atoms with Crippen LogP contribution in [-0.2, 0) is 10.2 Å². The van der Waals surface area contributed by atoms with Crippen molar-refractivity contribution in [1.29, 1.82) is 5.26 Å². The molecular formula is C23H21N3O2. The van der Waals surface area contributed by atoms with Crippen LogP contribution in [-0.4, -0.2) is 16.0 Å². The van der Waals surface area contributed by atoms with Crippen molar-refractivity contribution in [3.8, 4) is 17.2 Å². The van der Waals surface area contributed by atoms with Crippen molar-refractivity contribution in [1.82, 2.24) is 10.3 Å². The molecule has 1 amide bonds. The molecule has 0 bridgehead atoms. The maximum absolute atomic E-state index is 12.8. The number of hydrogen-bond donors (Lipinski definition) is 2. The van der Waals surface area contributed by atoms with E-state index in [-0.39, 0.29) is 5.91 Å². The fraction of sp³-hybridized carbons (Fsp3) is 0.174. The number of benzene rings is 2. The summed E-state index contributed by atoms with van der Waals surface area (Å²) in [5.74, 6) is -0.273. The highest BCUT2D eigenvalue weighted by Gasteiger charge is 2.31. The summed E-state index contributed by atoms with van der Waals surface area (Å²) < 4.78 is 0. The van der Waals surface area contributed by atoms with Crippen molar-refractivity contribution in [3.63, 3.8) is 0 Å². The summed E-state index contributed by atoms with van der Waals surface area (Å²) in [5.41, 5.74) is 2.86. The highest BCUT2D eigenvalue weighted by molar-refractivity contribution is 5.87. The second kappa shape index (κ2) is 8.03. The van der Waals surface area contributed by atoms with Gasteiger partial charge in [0.25, 0.3) is 0 Å². The molecule has 3 aromatic rings. The molecule has 140 valence electrons. The minimum atomic E-state index is -1.06. The molecule has 1 atom stereocenters. The summed E-state index contributed by atoms with van der Waals surface area (Å²) in [6, 6.07) is 20.4. The molecule has 1 heterocycles. The van der Waals surface area contributed by atoms with E-state index >= 15 is 0 Å². The Morgan fingerprint density at radius 1 is 1.07 bits per heavy atom. The molecule has 0 aliphatic carbocycles. The fourth-order valence-corrected chi connectivity index (χ4v) is 2.89. The van der Waals surface area contributed by atoms with E-state index in [4.69, 9.17) is 5.26 Å². The number of nitriles is 1. The van der Waals surface area contributed by atoms with Crippen molar-refractivity contribution in [3.05, 3.63) is 89.7 Å². The lowest BCUT2D eigenvalue weighted by molar-refractivity contribution is -0.128. The molecule has 0 spiro atoms. The summed E-state index contributed by atoms with van der Waals surface area (Å²) in [5, 5.41) is 22.0. The van der Waals surface area contributed by atoms with Gasteiger partial charge in [-0.05, 0) is 31.0 Å². The number of amides is 1. The summed E-state index contributed by atoms with van der Waals surface area (Å²) in [4.78, 5) is 16.8. The molecule has 0 aliphatic heterocycles. The smallest absolute Gasteiger partial charge is 0.232 e. The minimum absolute atomic E-state index is 0.273. The average molecular weight is 371 g/mol. The predicted molar refractivity (Wildman–Crippen MR) is 107 cm³/mol. The van der Waals surface area contributed by atoms with Gasteiger partial charge in [0.05, 0.1) is 11.0 Å². The van der Waals surface area contributed by atoms with Crippen molar-refractivity contribution < 1.29 is 9.90 Å². The molecule has 3 rings (SSSR count). The van der Waals surface area contributed by atoms with Gasteiger partial charge in [-0.25, -0.2) is 0 Å². The normalized spacial score (nSPS) is 12.1. The second-order valence-electron chi connectivity index (χ2n) is 7.06. The highest BCUT2D eigenvalue weighted by atomic mass is 16.3. The molecule has 0 saturated heterocycles. The average Bonchev–Trinajstić information content (AvgIpc) is 2.74. The van der Waals surface area contributed by atoms with Gasteiger partial charge in [-0.1, -0.05) is 54.6 Å². The number of nitrogens with zero attached hydrogens (tertiary/aromatic N) is 2. The minimum Gasteiger partial charge on any atom is -0.369 e. The molecule has 2 aromatic carbocycles. The molecule has 1 aromatic heterocycles. The zero-order chi connectivity index (χ0) is 20.1. The quantitative estimate of drug-likeness (QED) is 0.670. The monoisotopic (exact) mass is 371 g/mol. The van der Waals surface area contributed by atoms with Gasteiger partial charge in [-0.2, -0.15) is 5.26 Å². The molecule has 0 aliphatic rings. The lowest BCUT2D eigenvalue weighted by Gasteiger charge is -2.26. The standard InChI is InChI=1S/C23H21N3O2/c1-23(2,22(28)26-21(27)18-6-4-3-5-7-18)20-10-8-17(9-11-20)19-12-16(13-24)14-25-15-19/h3-12,14-15,21,27H,1-2H3,(H,26,28)/t21-/m0/s1. The van der Waals surface area contributed by atoms with Crippen LogP contribution >= 0.6 is 0 Å². The molecule has 0 saturated carbocycles. The van der Waals surface area contributed by atoms with Crippen LogP contribution in [0.3, 0.4) is 0 Å². The maximum Gasteiger partial charge on any atom is 0.232 e. The first-order valence-electron chi connectivity index (χ1n) is 8.92. The Labute approximate surface area is 164 Å². The lowest BCUT2D eigenvalue weighted by atomic mass is 9.83. The van der Waals surface area contributed by atoms with Gasteiger partial charge in [-0.15, -0.1) is 0 Å². The van der Waals surface area contributed by atoms with Crippen molar-refractivity contribution in [2.45, 2.75) is 25.5 Å². The van der Waals surface area contributed by atoms with Gasteiger partial charge in [0.2, 0.25) is 5.91 Å². The number of aliphatic hydroxyl groups is 1. The number of carbonyl (C=O) groups is 1. The second-order valence-corrected chi connectivity index (χ2v) is 7.06. The summed E-state index contributed by atoms with van der Waals surface area (Å²) in [6.45, 7) is 3.62. The van der Waals surface area contributed by atoms with Crippen LogP contribution < -0.4 is 5.32 Å². The van der Waals surface area contributed by atoms with Crippen LogP contribution in [0.15, 0.2) is 73.1 Å². The van der Waals surface area contributed by atoms with E-state index in [0.717, 1.165) is 16.7 Å². The van der Waals surface area contributed by atoms with Gasteiger partial charge in [0, 0.05) is 23.5 Å². The third-order valence-corrected chi connectivity index (χ3v) is 4.76. The van der Waals surface area contributed by atoms with Gasteiger partial charge >= 0.3 is 0 Å². The number of rotatable bonds is 5. The van der Waals surface area contributed by atoms with E-state index in [1.54, 1.807) is 24.4 Å². The van der Waals surface area contributed by atoms with Gasteiger partial charge in [-0.3, -0.25) is 9.78 Å². The third kappa shape index (κ3) is 4.08. The largest absolute Gasteiger partial charge is 0.369 e. The van der Waals surface area contributed by atoms with Gasteiger partial charge in [0.1, 0.15) is 6.07 Å². The van der Waals surface area contributed by atoms with Gasteiger partial charge < -0.3 is 10.4 Å². The van der Waals surface area contributed by atoms with E-state index in [9.17, 15) is 9.90 Å². The number of nitrogens with one attached hydrogen (secondary N) is 1. The number of hydrogen-bond acceptors (Lipinski definition) is 4. The first kappa shape index (κ1) is 19.3. The molecule has 5 nitrogen and oxygen atoms in total. The Kier molecular flexibility index (Phi) is 5.53. The van der Waals surface area contributed by atoms with E-state index < -0.39 is 11.6 Å². The fourth-order valence-electron chi connectivity index (χ4n) is 2.89. The lowest BCUT2D eigenvalue weighted by Crippen LogP contribution is -2.41. The maximum atomic E-state index is 12.8. The zero-order valence-electron chi connectivity index (χ0n) is 15.8. The summed E-state index contributed by atoms with van der Waals surface area (Å²) in [6.07, 6.45) is 2.15. The Morgan fingerprint density at radius 2 is 1.75 bits per heavy atom. The number of aliphatic hydroxyl groups excluding tert-OH is 1. The van der Waals surface area contributed by atoms with Gasteiger partial charge in [0.15, 0.2) is 6.23 Å². The molecule has 28 heavy (non-hydrogen) atoms.